The monoisotopic (exact) mass is 303 g/mol. The van der Waals surface area contributed by atoms with Crippen LogP contribution in [-0.2, 0) is 16.4 Å². The fourth-order valence-corrected chi connectivity index (χ4v) is 3.55. The summed E-state index contributed by atoms with van der Waals surface area (Å²) in [4.78, 5) is 0. The average molecular weight is 304 g/mol. The topological polar surface area (TPSA) is 46.2 Å². The third-order valence-corrected chi connectivity index (χ3v) is 4.82. The van der Waals surface area contributed by atoms with Gasteiger partial charge >= 0.3 is 0 Å². The van der Waals surface area contributed by atoms with Crippen LogP contribution in [0.25, 0.3) is 0 Å². The van der Waals surface area contributed by atoms with E-state index < -0.39 is 10.0 Å². The number of unbranched alkanes of at least 4 members (excludes halogenated alkanes) is 1. The number of nitrogens with one attached hydrogen (secondary N) is 1. The summed E-state index contributed by atoms with van der Waals surface area (Å²) in [6.07, 6.45) is 2.05. The standard InChI is InChI=1S/C14H22ClNO2S/c1-12-7-3-4-8-14(12)11-13(2)16-19(17,18)10-6-5-9-15/h3-4,7-8,13,16H,5-6,9-11H2,1-2H3. The minimum absolute atomic E-state index is 0.0953. The minimum atomic E-state index is -3.19. The van der Waals surface area contributed by atoms with E-state index >= 15 is 0 Å². The molecule has 1 aromatic carbocycles. The van der Waals surface area contributed by atoms with E-state index in [-0.39, 0.29) is 11.8 Å². The van der Waals surface area contributed by atoms with E-state index in [0.29, 0.717) is 18.7 Å². The molecule has 0 heterocycles. The van der Waals surface area contributed by atoms with Crippen LogP contribution in [0.1, 0.15) is 30.9 Å². The van der Waals surface area contributed by atoms with E-state index in [4.69, 9.17) is 11.6 Å². The van der Waals surface area contributed by atoms with Gasteiger partial charge in [-0.1, -0.05) is 24.3 Å². The Bertz CT molecular complexity index is 488. The third-order valence-electron chi connectivity index (χ3n) is 2.96. The quantitative estimate of drug-likeness (QED) is 0.593. The molecule has 0 aliphatic rings. The van der Waals surface area contributed by atoms with Crippen molar-refractivity contribution in [1.29, 1.82) is 0 Å². The molecule has 0 saturated heterocycles. The van der Waals surface area contributed by atoms with Gasteiger partial charge in [0, 0.05) is 11.9 Å². The molecule has 3 nitrogen and oxygen atoms in total. The molecular weight excluding hydrogens is 282 g/mol. The summed E-state index contributed by atoms with van der Waals surface area (Å²) in [7, 11) is -3.19. The first-order valence-corrected chi connectivity index (χ1v) is 8.74. The smallest absolute Gasteiger partial charge is 0.211 e. The molecule has 0 amide bonds. The van der Waals surface area contributed by atoms with Gasteiger partial charge in [-0.25, -0.2) is 13.1 Å². The summed E-state index contributed by atoms with van der Waals surface area (Å²) < 4.78 is 26.4. The highest BCUT2D eigenvalue weighted by atomic mass is 35.5. The lowest BCUT2D eigenvalue weighted by atomic mass is 10.0. The van der Waals surface area contributed by atoms with E-state index in [9.17, 15) is 8.42 Å². The van der Waals surface area contributed by atoms with Crippen LogP contribution in [-0.4, -0.2) is 26.1 Å². The number of sulfonamides is 1. The minimum Gasteiger partial charge on any atom is -0.212 e. The second-order valence-corrected chi connectivity index (χ2v) is 7.12. The Morgan fingerprint density at radius 2 is 1.95 bits per heavy atom. The van der Waals surface area contributed by atoms with Gasteiger partial charge in [0.25, 0.3) is 0 Å². The van der Waals surface area contributed by atoms with E-state index in [1.54, 1.807) is 0 Å². The van der Waals surface area contributed by atoms with Crippen molar-refractivity contribution in [2.24, 2.45) is 0 Å². The number of alkyl halides is 1. The van der Waals surface area contributed by atoms with E-state index in [0.717, 1.165) is 6.42 Å². The molecule has 5 heteroatoms. The molecule has 0 aliphatic heterocycles. The van der Waals surface area contributed by atoms with Crippen LogP contribution in [0.15, 0.2) is 24.3 Å². The summed E-state index contributed by atoms with van der Waals surface area (Å²) >= 11 is 5.55. The number of halogens is 1. The molecule has 1 N–H and O–H groups in total. The van der Waals surface area contributed by atoms with Crippen molar-refractivity contribution in [3.63, 3.8) is 0 Å². The van der Waals surface area contributed by atoms with Gasteiger partial charge in [-0.15, -0.1) is 11.6 Å². The normalized spacial score (nSPS) is 13.4. The second-order valence-electron chi connectivity index (χ2n) is 4.86. The van der Waals surface area contributed by atoms with Crippen molar-refractivity contribution in [3.05, 3.63) is 35.4 Å². The van der Waals surface area contributed by atoms with Crippen LogP contribution in [0.2, 0.25) is 0 Å². The first-order chi connectivity index (χ1) is 8.94. The second kappa shape index (κ2) is 7.88. The van der Waals surface area contributed by atoms with E-state index in [1.165, 1.54) is 11.1 Å². The third kappa shape index (κ3) is 6.41. The van der Waals surface area contributed by atoms with Crippen molar-refractivity contribution < 1.29 is 8.42 Å². The van der Waals surface area contributed by atoms with Gasteiger partial charge in [0.1, 0.15) is 0 Å². The highest BCUT2D eigenvalue weighted by Crippen LogP contribution is 2.10. The van der Waals surface area contributed by atoms with Crippen LogP contribution in [0.4, 0.5) is 0 Å². The molecular formula is C14H22ClNO2S. The van der Waals surface area contributed by atoms with E-state index in [2.05, 4.69) is 4.72 Å². The van der Waals surface area contributed by atoms with Crippen molar-refractivity contribution in [3.8, 4) is 0 Å². The maximum Gasteiger partial charge on any atom is 0.211 e. The molecule has 0 aliphatic carbocycles. The molecule has 0 bridgehead atoms. The number of rotatable bonds is 8. The fraction of sp³-hybridized carbons (Fsp3) is 0.571. The maximum atomic E-state index is 11.8. The number of aryl methyl sites for hydroxylation is 1. The summed E-state index contributed by atoms with van der Waals surface area (Å²) in [5.41, 5.74) is 2.37. The lowest BCUT2D eigenvalue weighted by molar-refractivity contribution is 0.556. The van der Waals surface area contributed by atoms with Crippen LogP contribution in [0, 0.1) is 6.92 Å². The van der Waals surface area contributed by atoms with Crippen molar-refractivity contribution >= 4 is 21.6 Å². The molecule has 1 unspecified atom stereocenters. The average Bonchev–Trinajstić information content (AvgIpc) is 2.31. The van der Waals surface area contributed by atoms with Crippen LogP contribution >= 0.6 is 11.6 Å². The predicted molar refractivity (Wildman–Crippen MR) is 81.2 cm³/mol. The van der Waals surface area contributed by atoms with Crippen LogP contribution < -0.4 is 4.72 Å². The molecule has 19 heavy (non-hydrogen) atoms. The Kier molecular flexibility index (Phi) is 6.83. The molecule has 0 radical (unpaired) electrons. The Hall–Kier alpha value is -0.580. The summed E-state index contributed by atoms with van der Waals surface area (Å²) in [5, 5.41) is 0. The van der Waals surface area contributed by atoms with Gasteiger partial charge in [-0.2, -0.15) is 0 Å². The van der Waals surface area contributed by atoms with E-state index in [1.807, 2.05) is 38.1 Å². The van der Waals surface area contributed by atoms with Gasteiger partial charge in [0.15, 0.2) is 0 Å². The number of hydrogen-bond donors (Lipinski definition) is 1. The lowest BCUT2D eigenvalue weighted by Gasteiger charge is -2.15. The molecule has 0 fully saturated rings. The van der Waals surface area contributed by atoms with Crippen LogP contribution in [0.5, 0.6) is 0 Å². The molecule has 0 aromatic heterocycles. The zero-order chi connectivity index (χ0) is 14.3. The number of hydrogen-bond acceptors (Lipinski definition) is 2. The fourth-order valence-electron chi connectivity index (χ4n) is 1.96. The van der Waals surface area contributed by atoms with Crippen molar-refractivity contribution in [2.45, 2.75) is 39.2 Å². The summed E-state index contributed by atoms with van der Waals surface area (Å²) in [5.74, 6) is 0.659. The maximum absolute atomic E-state index is 11.8. The van der Waals surface area contributed by atoms with Gasteiger partial charge in [-0.05, 0) is 44.2 Å². The molecule has 1 rings (SSSR count). The highest BCUT2D eigenvalue weighted by Gasteiger charge is 2.14. The SMILES string of the molecule is Cc1ccccc1CC(C)NS(=O)(=O)CCCCCl. The Morgan fingerprint density at radius 1 is 1.26 bits per heavy atom. The largest absolute Gasteiger partial charge is 0.212 e. The lowest BCUT2D eigenvalue weighted by Crippen LogP contribution is -2.35. The first kappa shape index (κ1) is 16.5. The Morgan fingerprint density at radius 3 is 2.58 bits per heavy atom. The summed E-state index contributed by atoms with van der Waals surface area (Å²) in [6, 6.07) is 7.94. The van der Waals surface area contributed by atoms with Gasteiger partial charge < -0.3 is 0 Å². The van der Waals surface area contributed by atoms with Gasteiger partial charge in [0.2, 0.25) is 10.0 Å². The molecule has 0 spiro atoms. The molecule has 1 aromatic rings. The molecule has 108 valence electrons. The van der Waals surface area contributed by atoms with Crippen molar-refractivity contribution in [2.75, 3.05) is 11.6 Å². The Balaban J connectivity index is 2.51. The first-order valence-electron chi connectivity index (χ1n) is 6.55. The number of benzene rings is 1. The van der Waals surface area contributed by atoms with Gasteiger partial charge in [-0.3, -0.25) is 0 Å². The zero-order valence-corrected chi connectivity index (χ0v) is 13.1. The predicted octanol–water partition coefficient (Wildman–Crippen LogP) is 2.86. The van der Waals surface area contributed by atoms with Gasteiger partial charge in [0.05, 0.1) is 5.75 Å². The Labute approximate surface area is 121 Å². The summed E-state index contributed by atoms with van der Waals surface area (Å²) in [6.45, 7) is 3.93. The van der Waals surface area contributed by atoms with Crippen molar-refractivity contribution in [1.82, 2.24) is 4.72 Å². The molecule has 0 saturated carbocycles. The van der Waals surface area contributed by atoms with Crippen LogP contribution in [0.3, 0.4) is 0 Å². The highest BCUT2D eigenvalue weighted by molar-refractivity contribution is 7.89. The molecule has 1 atom stereocenters. The zero-order valence-electron chi connectivity index (χ0n) is 11.5.